The maximum absolute atomic E-state index is 12.3. The summed E-state index contributed by atoms with van der Waals surface area (Å²) in [6.45, 7) is 11.1. The highest BCUT2D eigenvalue weighted by molar-refractivity contribution is 5.84. The minimum Gasteiger partial charge on any atom is -0.479 e. The van der Waals surface area contributed by atoms with Gasteiger partial charge in [-0.2, -0.15) is 0 Å². The van der Waals surface area contributed by atoms with E-state index in [-0.39, 0.29) is 39.5 Å². The molecule has 8 unspecified atom stereocenters. The number of Topliss-reactive ketones (excluding diaryl/α,β-unsaturated/α-hetero) is 1. The van der Waals surface area contributed by atoms with Crippen molar-refractivity contribution < 1.29 is 57.6 Å². The molecule has 4 fully saturated rings. The summed E-state index contributed by atoms with van der Waals surface area (Å²) in [4.78, 5) is 72.1. The molecule has 8 atom stereocenters. The van der Waals surface area contributed by atoms with Crippen molar-refractivity contribution in [3.63, 3.8) is 0 Å². The summed E-state index contributed by atoms with van der Waals surface area (Å²) in [6, 6.07) is 9.03. The van der Waals surface area contributed by atoms with Crippen LogP contribution in [0.5, 0.6) is 0 Å². The van der Waals surface area contributed by atoms with Crippen LogP contribution in [-0.4, -0.2) is 104 Å². The van der Waals surface area contributed by atoms with Crippen LogP contribution in [0.25, 0.3) is 0 Å². The Labute approximate surface area is 349 Å². The number of ether oxygens (including phenoxy) is 5. The minimum absolute atomic E-state index is 0.0559. The number of hydrogen-bond donors (Lipinski definition) is 2. The van der Waals surface area contributed by atoms with Crippen LogP contribution >= 0.6 is 0 Å². The SMILES string of the molecule is CC(=O)C1CCC2C3CCC4CC(C)CCC4(C)C3CCC12C.COCCN(CCOC(=O)CNC(=O)OCc1ccccc1)CC(=O)OC(C)(C)C(=O)OCC(=O)O. The number of hydrogen-bond acceptors (Lipinski definition) is 12. The van der Waals surface area contributed by atoms with Gasteiger partial charge in [-0.3, -0.25) is 19.3 Å². The number of carboxylic acid groups (broad SMARTS) is 1. The molecule has 0 saturated heterocycles. The molecule has 0 aromatic heterocycles. The van der Waals surface area contributed by atoms with E-state index >= 15 is 0 Å². The van der Waals surface area contributed by atoms with Crippen molar-refractivity contribution in [2.24, 2.45) is 46.3 Å². The Hall–Kier alpha value is -4.04. The molecule has 14 nitrogen and oxygen atoms in total. The van der Waals surface area contributed by atoms with E-state index in [1.807, 2.05) is 13.0 Å². The molecule has 0 radical (unpaired) electrons. The summed E-state index contributed by atoms with van der Waals surface area (Å²) < 4.78 is 24.8. The molecule has 14 heteroatoms. The lowest BCUT2D eigenvalue weighted by Crippen LogP contribution is -2.53. The molecule has 4 saturated carbocycles. The van der Waals surface area contributed by atoms with Crippen LogP contribution in [0, 0.1) is 46.3 Å². The van der Waals surface area contributed by atoms with E-state index in [0.717, 1.165) is 35.2 Å². The fourth-order valence-electron chi connectivity index (χ4n) is 10.7. The van der Waals surface area contributed by atoms with Crippen LogP contribution in [0.2, 0.25) is 0 Å². The molecule has 0 heterocycles. The van der Waals surface area contributed by atoms with Crippen molar-refractivity contribution in [2.45, 2.75) is 112 Å². The molecular weight excluding hydrogens is 760 g/mol. The average Bonchev–Trinajstić information content (AvgIpc) is 3.55. The highest BCUT2D eigenvalue weighted by Crippen LogP contribution is 2.67. The summed E-state index contributed by atoms with van der Waals surface area (Å²) in [5.41, 5.74) is 0.0427. The van der Waals surface area contributed by atoms with Crippen molar-refractivity contribution in [3.05, 3.63) is 35.9 Å². The number of nitrogens with zero attached hydrogens (tertiary/aromatic N) is 1. The van der Waals surface area contributed by atoms with Crippen LogP contribution < -0.4 is 5.32 Å². The zero-order chi connectivity index (χ0) is 43.4. The van der Waals surface area contributed by atoms with Crippen molar-refractivity contribution >= 4 is 35.8 Å². The highest BCUT2D eigenvalue weighted by Gasteiger charge is 2.60. The van der Waals surface area contributed by atoms with Crippen molar-refractivity contribution in [1.29, 1.82) is 0 Å². The third-order valence-electron chi connectivity index (χ3n) is 13.8. The maximum Gasteiger partial charge on any atom is 0.407 e. The summed E-state index contributed by atoms with van der Waals surface area (Å²) in [6.07, 6.45) is 11.8. The smallest absolute Gasteiger partial charge is 0.407 e. The zero-order valence-corrected chi connectivity index (χ0v) is 36.3. The molecule has 2 N–H and O–H groups in total. The van der Waals surface area contributed by atoms with Gasteiger partial charge in [0.05, 0.1) is 13.2 Å². The number of carbonyl (C=O) groups excluding carboxylic acids is 5. The predicted octanol–water partition coefficient (Wildman–Crippen LogP) is 6.22. The van der Waals surface area contributed by atoms with Crippen molar-refractivity contribution in [1.82, 2.24) is 10.2 Å². The lowest BCUT2D eigenvalue weighted by molar-refractivity contribution is -0.181. The molecule has 5 rings (SSSR count). The van der Waals surface area contributed by atoms with Crippen LogP contribution in [0.1, 0.15) is 105 Å². The van der Waals surface area contributed by atoms with Gasteiger partial charge in [0.2, 0.25) is 5.60 Å². The van der Waals surface area contributed by atoms with Gasteiger partial charge in [-0.25, -0.2) is 14.4 Å². The third kappa shape index (κ3) is 13.0. The molecule has 0 bridgehead atoms. The van der Waals surface area contributed by atoms with Crippen LogP contribution in [0.15, 0.2) is 30.3 Å². The third-order valence-corrected chi connectivity index (χ3v) is 13.8. The summed E-state index contributed by atoms with van der Waals surface area (Å²) in [5.74, 6) is 1.66. The lowest BCUT2D eigenvalue weighted by Gasteiger charge is -2.61. The largest absolute Gasteiger partial charge is 0.479 e. The number of benzene rings is 1. The van der Waals surface area contributed by atoms with Gasteiger partial charge in [0.25, 0.3) is 0 Å². The number of rotatable bonds is 17. The van der Waals surface area contributed by atoms with Gasteiger partial charge < -0.3 is 34.1 Å². The minimum atomic E-state index is -1.70. The number of nitrogens with one attached hydrogen (secondary N) is 1. The fourth-order valence-corrected chi connectivity index (χ4v) is 10.7. The molecule has 0 spiro atoms. The normalized spacial score (nSPS) is 28.3. The van der Waals surface area contributed by atoms with Gasteiger partial charge in [-0.05, 0) is 118 Å². The molecule has 1 aromatic rings. The number of fused-ring (bicyclic) bond motifs is 5. The predicted molar refractivity (Wildman–Crippen MR) is 218 cm³/mol. The van der Waals surface area contributed by atoms with Crippen molar-refractivity contribution in [2.75, 3.05) is 53.1 Å². The van der Waals surface area contributed by atoms with Gasteiger partial charge in [-0.1, -0.05) is 57.5 Å². The molecule has 1 aromatic carbocycles. The summed E-state index contributed by atoms with van der Waals surface area (Å²) >= 11 is 0. The number of esters is 3. The molecule has 330 valence electrons. The molecule has 4 aliphatic rings. The number of amides is 1. The van der Waals surface area contributed by atoms with Gasteiger partial charge in [0.1, 0.15) is 25.5 Å². The van der Waals surface area contributed by atoms with E-state index in [0.29, 0.717) is 22.5 Å². The molecule has 59 heavy (non-hydrogen) atoms. The zero-order valence-electron chi connectivity index (χ0n) is 36.3. The number of aliphatic carboxylic acids is 1. The second-order valence-electron chi connectivity index (χ2n) is 18.2. The number of ketones is 1. The lowest BCUT2D eigenvalue weighted by atomic mass is 9.44. The van der Waals surface area contributed by atoms with E-state index in [1.54, 1.807) is 29.2 Å². The first kappa shape index (κ1) is 47.6. The number of carbonyl (C=O) groups is 6. The standard InChI is InChI=1S/C23H32N2O11.C22H36O/c1-23(2,21(30)34-16-18(26)27)36-20(29)14-25(9-11-32-3)10-12-33-19(28)13-24-22(31)35-15-17-7-5-4-6-8-17;1-14-9-11-21(3)16(13-14)5-6-17-19-8-7-18(15(2)23)22(19,4)12-10-20(17)21/h4-8H,9-16H2,1-3H3,(H,24,31)(H,26,27);14,16-20H,5-13H2,1-4H3. The number of alkyl carbamates (subject to hydrolysis) is 1. The first-order valence-electron chi connectivity index (χ1n) is 21.3. The van der Waals surface area contributed by atoms with Crippen molar-refractivity contribution in [3.8, 4) is 0 Å². The van der Waals surface area contributed by atoms with E-state index in [4.69, 9.17) is 24.1 Å². The Kier molecular flexibility index (Phi) is 17.3. The van der Waals surface area contributed by atoms with E-state index in [9.17, 15) is 28.8 Å². The number of carboxylic acids is 1. The molecule has 1 amide bonds. The van der Waals surface area contributed by atoms with Crippen LogP contribution in [-0.2, 0) is 54.3 Å². The summed E-state index contributed by atoms with van der Waals surface area (Å²) in [7, 11) is 1.47. The monoisotopic (exact) mass is 828 g/mol. The topological polar surface area (TPSA) is 184 Å². The molecule has 0 aliphatic heterocycles. The second kappa shape index (κ2) is 21.5. The Morgan fingerprint density at radius 2 is 1.53 bits per heavy atom. The fraction of sp³-hybridized carbons (Fsp3) is 0.733. The van der Waals surface area contributed by atoms with Crippen LogP contribution in [0.3, 0.4) is 0 Å². The van der Waals surface area contributed by atoms with E-state index in [1.165, 1.54) is 78.7 Å². The van der Waals surface area contributed by atoms with Gasteiger partial charge in [0.15, 0.2) is 6.61 Å². The first-order valence-corrected chi connectivity index (χ1v) is 21.3. The van der Waals surface area contributed by atoms with Gasteiger partial charge >= 0.3 is 30.0 Å². The van der Waals surface area contributed by atoms with Crippen LogP contribution in [0.4, 0.5) is 4.79 Å². The Balaban J connectivity index is 0.000000284. The molecular formula is C45H68N2O12. The van der Waals surface area contributed by atoms with E-state index in [2.05, 4.69) is 30.8 Å². The summed E-state index contributed by atoms with van der Waals surface area (Å²) in [5, 5.41) is 10.9. The molecule has 4 aliphatic carbocycles. The van der Waals surface area contributed by atoms with Gasteiger partial charge in [0, 0.05) is 26.1 Å². The highest BCUT2D eigenvalue weighted by atomic mass is 16.6. The second-order valence-corrected chi connectivity index (χ2v) is 18.2. The van der Waals surface area contributed by atoms with E-state index < -0.39 is 48.7 Å². The maximum atomic E-state index is 12.3. The quantitative estimate of drug-likeness (QED) is 0.133. The Morgan fingerprint density at radius 3 is 2.20 bits per heavy atom. The average molecular weight is 829 g/mol. The van der Waals surface area contributed by atoms with Gasteiger partial charge in [-0.15, -0.1) is 0 Å². The Morgan fingerprint density at radius 1 is 0.847 bits per heavy atom. The Bertz CT molecular complexity index is 1600. The number of methoxy groups -OCH3 is 1. The first-order chi connectivity index (χ1) is 27.9.